The highest BCUT2D eigenvalue weighted by Crippen LogP contribution is 2.67. The van der Waals surface area contributed by atoms with Crippen LogP contribution in [0.1, 0.15) is 143 Å². The molecule has 45 heavy (non-hydrogen) atoms. The van der Waals surface area contributed by atoms with Crippen LogP contribution in [0, 0.1) is 45.3 Å². The lowest BCUT2D eigenvalue weighted by Crippen LogP contribution is -2.41. The van der Waals surface area contributed by atoms with Gasteiger partial charge in [0.2, 0.25) is 6.29 Å². The third-order valence-corrected chi connectivity index (χ3v) is 12.4. The van der Waals surface area contributed by atoms with Crippen LogP contribution in [0.15, 0.2) is 48.5 Å². The molecule has 250 valence electrons. The molecule has 4 bridgehead atoms. The summed E-state index contributed by atoms with van der Waals surface area (Å²) in [7, 11) is 1.85. The van der Waals surface area contributed by atoms with E-state index in [-0.39, 0.29) is 27.9 Å². The van der Waals surface area contributed by atoms with E-state index in [4.69, 9.17) is 9.47 Å². The standard InChI is InChI=1S/C42H64O3/c1-28(2)36(31-11-15-34(43)16-12-31)26-40(6,7)19-20-41(8,9)37(27-39(3,4)5)32-13-17-35(18-14-32)45-38(44-10)42-24-29-21-30(25-42)23-33(42)22-29/h11-18,28-30,33,36-38,43H,19-27H2,1-10H3. The Labute approximate surface area is 275 Å². The van der Waals surface area contributed by atoms with Gasteiger partial charge in [-0.3, -0.25) is 0 Å². The molecule has 4 fully saturated rings. The molecule has 4 saturated carbocycles. The van der Waals surface area contributed by atoms with Crippen molar-refractivity contribution in [1.82, 2.24) is 0 Å². The highest BCUT2D eigenvalue weighted by atomic mass is 16.7. The molecule has 1 N–H and O–H groups in total. The van der Waals surface area contributed by atoms with Crippen LogP contribution in [0.25, 0.3) is 0 Å². The summed E-state index contributed by atoms with van der Waals surface area (Å²) in [5.41, 5.74) is 3.58. The van der Waals surface area contributed by atoms with Crippen molar-refractivity contribution in [3.8, 4) is 11.5 Å². The molecule has 0 spiro atoms. The zero-order chi connectivity index (χ0) is 32.8. The number of ether oxygens (including phenoxy) is 2. The predicted molar refractivity (Wildman–Crippen MR) is 188 cm³/mol. The van der Waals surface area contributed by atoms with Gasteiger partial charge in [-0.15, -0.1) is 0 Å². The molecule has 0 heterocycles. The molecule has 3 heteroatoms. The van der Waals surface area contributed by atoms with Crippen molar-refractivity contribution in [3.05, 3.63) is 59.7 Å². The van der Waals surface area contributed by atoms with Crippen molar-refractivity contribution in [2.45, 2.75) is 138 Å². The van der Waals surface area contributed by atoms with Crippen LogP contribution in [0.4, 0.5) is 0 Å². The number of aromatic hydroxyl groups is 1. The maximum atomic E-state index is 9.85. The number of hydrogen-bond donors (Lipinski definition) is 1. The molecule has 6 rings (SSSR count). The maximum Gasteiger partial charge on any atom is 0.205 e. The van der Waals surface area contributed by atoms with Crippen molar-refractivity contribution in [2.24, 2.45) is 45.3 Å². The molecule has 2 aromatic rings. The lowest BCUT2D eigenvalue weighted by atomic mass is 9.64. The van der Waals surface area contributed by atoms with E-state index in [1.807, 2.05) is 19.2 Å². The second kappa shape index (κ2) is 12.9. The minimum atomic E-state index is -0.135. The number of rotatable bonds is 14. The Morgan fingerprint density at radius 3 is 1.89 bits per heavy atom. The SMILES string of the molecule is COC(Oc1ccc(C(CC(C)(C)C)C(C)(C)CCC(C)(C)CC(c2ccc(O)cc2)C(C)C)cc1)C12CC3CC(CC1C3)C2. The van der Waals surface area contributed by atoms with E-state index >= 15 is 0 Å². The van der Waals surface area contributed by atoms with Gasteiger partial charge in [0.15, 0.2) is 0 Å². The number of phenolic OH excluding ortho intramolecular Hbond substituents is 1. The van der Waals surface area contributed by atoms with E-state index < -0.39 is 0 Å². The van der Waals surface area contributed by atoms with Gasteiger partial charge in [-0.05, 0) is 145 Å². The van der Waals surface area contributed by atoms with Gasteiger partial charge in [0, 0.05) is 12.5 Å². The van der Waals surface area contributed by atoms with E-state index in [2.05, 4.69) is 98.7 Å². The Kier molecular flexibility index (Phi) is 9.84. The summed E-state index contributed by atoms with van der Waals surface area (Å²) < 4.78 is 12.8. The van der Waals surface area contributed by atoms with Crippen LogP contribution in [0.5, 0.6) is 11.5 Å². The summed E-state index contributed by atoms with van der Waals surface area (Å²) >= 11 is 0. The summed E-state index contributed by atoms with van der Waals surface area (Å²) in [5.74, 6) is 5.34. The first-order valence-corrected chi connectivity index (χ1v) is 18.1. The number of benzene rings is 2. The minimum absolute atomic E-state index is 0.135. The van der Waals surface area contributed by atoms with Crippen LogP contribution in [-0.4, -0.2) is 18.5 Å². The van der Waals surface area contributed by atoms with Crippen LogP contribution in [0.3, 0.4) is 0 Å². The van der Waals surface area contributed by atoms with Gasteiger partial charge in [-0.1, -0.05) is 86.6 Å². The zero-order valence-electron chi connectivity index (χ0n) is 30.3. The van der Waals surface area contributed by atoms with E-state index in [1.165, 1.54) is 56.1 Å². The molecule has 3 nitrogen and oxygen atoms in total. The molecular weight excluding hydrogens is 552 g/mol. The highest BCUT2D eigenvalue weighted by molar-refractivity contribution is 5.32. The number of hydrogen-bond acceptors (Lipinski definition) is 3. The van der Waals surface area contributed by atoms with Gasteiger partial charge in [0.25, 0.3) is 0 Å². The zero-order valence-corrected chi connectivity index (χ0v) is 30.3. The Morgan fingerprint density at radius 1 is 0.778 bits per heavy atom. The Balaban J connectivity index is 1.28. The fourth-order valence-corrected chi connectivity index (χ4v) is 10.00. The summed E-state index contributed by atoms with van der Waals surface area (Å²) in [5, 5.41) is 9.85. The minimum Gasteiger partial charge on any atom is -0.508 e. The summed E-state index contributed by atoms with van der Waals surface area (Å²) in [4.78, 5) is 0. The smallest absolute Gasteiger partial charge is 0.205 e. The highest BCUT2D eigenvalue weighted by Gasteiger charge is 2.62. The third kappa shape index (κ3) is 7.77. The first-order valence-electron chi connectivity index (χ1n) is 18.1. The Morgan fingerprint density at radius 2 is 1.36 bits per heavy atom. The Hall–Kier alpha value is -2.00. The number of phenols is 1. The molecule has 0 aromatic heterocycles. The van der Waals surface area contributed by atoms with Gasteiger partial charge in [0.1, 0.15) is 11.5 Å². The van der Waals surface area contributed by atoms with E-state index in [0.29, 0.717) is 23.5 Å². The molecule has 4 aliphatic rings. The van der Waals surface area contributed by atoms with Gasteiger partial charge in [-0.25, -0.2) is 0 Å². The molecule has 5 atom stereocenters. The lowest BCUT2D eigenvalue weighted by molar-refractivity contribution is -0.151. The third-order valence-electron chi connectivity index (χ3n) is 12.4. The van der Waals surface area contributed by atoms with Crippen LogP contribution in [-0.2, 0) is 4.74 Å². The molecule has 0 radical (unpaired) electrons. The first-order chi connectivity index (χ1) is 21.0. The maximum absolute atomic E-state index is 9.85. The predicted octanol–water partition coefficient (Wildman–Crippen LogP) is 11.8. The largest absolute Gasteiger partial charge is 0.508 e. The summed E-state index contributed by atoms with van der Waals surface area (Å²) in [6.07, 6.45) is 11.3. The molecule has 4 aliphatic carbocycles. The topological polar surface area (TPSA) is 38.7 Å². The van der Waals surface area contributed by atoms with Crippen LogP contribution >= 0.6 is 0 Å². The Bertz CT molecular complexity index is 1230. The fourth-order valence-electron chi connectivity index (χ4n) is 10.00. The molecule has 2 aromatic carbocycles. The van der Waals surface area contributed by atoms with Crippen molar-refractivity contribution in [2.75, 3.05) is 7.11 Å². The van der Waals surface area contributed by atoms with Crippen molar-refractivity contribution in [3.63, 3.8) is 0 Å². The van der Waals surface area contributed by atoms with Gasteiger partial charge in [-0.2, -0.15) is 0 Å². The van der Waals surface area contributed by atoms with E-state index in [9.17, 15) is 5.11 Å². The average Bonchev–Trinajstić information content (AvgIpc) is 3.36. The quantitative estimate of drug-likeness (QED) is 0.215. The van der Waals surface area contributed by atoms with Crippen molar-refractivity contribution < 1.29 is 14.6 Å². The van der Waals surface area contributed by atoms with Crippen LogP contribution in [0.2, 0.25) is 0 Å². The molecule has 0 aliphatic heterocycles. The van der Waals surface area contributed by atoms with E-state index in [0.717, 1.165) is 36.3 Å². The van der Waals surface area contributed by atoms with Gasteiger partial charge < -0.3 is 14.6 Å². The monoisotopic (exact) mass is 616 g/mol. The second-order valence-electron chi connectivity index (χ2n) is 18.6. The normalized spacial score (nSPS) is 26.8. The first kappa shape index (κ1) is 34.3. The molecule has 0 amide bonds. The van der Waals surface area contributed by atoms with Crippen molar-refractivity contribution in [1.29, 1.82) is 0 Å². The van der Waals surface area contributed by atoms with Crippen molar-refractivity contribution >= 4 is 0 Å². The van der Waals surface area contributed by atoms with E-state index in [1.54, 1.807) is 0 Å². The molecule has 5 unspecified atom stereocenters. The average molecular weight is 617 g/mol. The number of methoxy groups -OCH3 is 1. The summed E-state index contributed by atoms with van der Waals surface area (Å²) in [6, 6.07) is 17.0. The fraction of sp³-hybridized carbons (Fsp3) is 0.714. The second-order valence-corrected chi connectivity index (χ2v) is 18.6. The van der Waals surface area contributed by atoms with Crippen LogP contribution < -0.4 is 4.74 Å². The lowest BCUT2D eigenvalue weighted by Gasteiger charge is -2.41. The van der Waals surface area contributed by atoms with Gasteiger partial charge >= 0.3 is 0 Å². The molecule has 0 saturated heterocycles. The van der Waals surface area contributed by atoms with Gasteiger partial charge in [0.05, 0.1) is 0 Å². The summed E-state index contributed by atoms with van der Waals surface area (Å²) in [6.45, 7) is 21.7. The molecular formula is C42H64O3.